The summed E-state index contributed by atoms with van der Waals surface area (Å²) in [5, 5.41) is 2.88. The Morgan fingerprint density at radius 2 is 1.92 bits per heavy atom. The van der Waals surface area contributed by atoms with Crippen molar-refractivity contribution in [3.8, 4) is 22.5 Å². The molecule has 0 unspecified atom stereocenters. The Kier molecular flexibility index (Phi) is 3.65. The zero-order valence-electron chi connectivity index (χ0n) is 13.6. The summed E-state index contributed by atoms with van der Waals surface area (Å²) in [6.07, 6.45) is 3.69. The summed E-state index contributed by atoms with van der Waals surface area (Å²) >= 11 is 0. The topological polar surface area (TPSA) is 57.8 Å². The zero-order chi connectivity index (χ0) is 16.5. The summed E-state index contributed by atoms with van der Waals surface area (Å²) < 4.78 is 0. The van der Waals surface area contributed by atoms with Crippen molar-refractivity contribution in [2.24, 2.45) is 0 Å². The number of aryl methyl sites for hydroxylation is 1. The molecule has 2 N–H and O–H groups in total. The Bertz CT molecular complexity index is 894. The molecule has 2 aromatic heterocycles. The van der Waals surface area contributed by atoms with Gasteiger partial charge in [-0.1, -0.05) is 31.2 Å². The van der Waals surface area contributed by atoms with E-state index < -0.39 is 0 Å². The summed E-state index contributed by atoms with van der Waals surface area (Å²) in [4.78, 5) is 19.8. The summed E-state index contributed by atoms with van der Waals surface area (Å²) in [6, 6.07) is 14.5. The molecule has 4 nitrogen and oxygen atoms in total. The van der Waals surface area contributed by atoms with Crippen molar-refractivity contribution in [1.29, 1.82) is 0 Å². The standard InChI is InChI=1S/C20H19N3O/c1-2-13-3-5-14(6-4-13)18-11-15(7-9-21-18)19-12-16-17(23-19)8-10-22-20(16)24/h3-7,9,11-12,23H,2,8,10H2,1H3,(H,22,24). The zero-order valence-corrected chi connectivity index (χ0v) is 13.6. The third kappa shape index (κ3) is 2.60. The summed E-state index contributed by atoms with van der Waals surface area (Å²) in [6.45, 7) is 2.84. The minimum Gasteiger partial charge on any atom is -0.358 e. The Hall–Kier alpha value is -2.88. The molecule has 1 amide bonds. The average molecular weight is 317 g/mol. The van der Waals surface area contributed by atoms with Crippen molar-refractivity contribution in [2.75, 3.05) is 6.54 Å². The molecule has 1 aromatic carbocycles. The lowest BCUT2D eigenvalue weighted by atomic mass is 10.0. The third-order valence-electron chi connectivity index (χ3n) is 4.53. The number of hydrogen-bond acceptors (Lipinski definition) is 2. The Balaban J connectivity index is 1.71. The maximum Gasteiger partial charge on any atom is 0.253 e. The average Bonchev–Trinajstić information content (AvgIpc) is 3.08. The molecule has 24 heavy (non-hydrogen) atoms. The quantitative estimate of drug-likeness (QED) is 0.775. The van der Waals surface area contributed by atoms with Crippen LogP contribution in [0.4, 0.5) is 0 Å². The molecule has 0 bridgehead atoms. The maximum absolute atomic E-state index is 11.9. The van der Waals surface area contributed by atoms with Crippen molar-refractivity contribution in [2.45, 2.75) is 19.8 Å². The number of nitrogens with zero attached hydrogens (tertiary/aromatic N) is 1. The van der Waals surface area contributed by atoms with Gasteiger partial charge in [-0.2, -0.15) is 0 Å². The molecule has 0 spiro atoms. The molecular weight excluding hydrogens is 298 g/mol. The second-order valence-electron chi connectivity index (χ2n) is 6.06. The van der Waals surface area contributed by atoms with E-state index in [9.17, 15) is 4.79 Å². The first-order chi connectivity index (χ1) is 11.7. The molecule has 4 heteroatoms. The third-order valence-corrected chi connectivity index (χ3v) is 4.53. The number of fused-ring (bicyclic) bond motifs is 1. The highest BCUT2D eigenvalue weighted by atomic mass is 16.1. The van der Waals surface area contributed by atoms with Crippen LogP contribution < -0.4 is 5.32 Å². The van der Waals surface area contributed by atoms with Crippen LogP contribution in [0.25, 0.3) is 22.5 Å². The van der Waals surface area contributed by atoms with Crippen LogP contribution in [0.3, 0.4) is 0 Å². The van der Waals surface area contributed by atoms with Crippen molar-refractivity contribution in [3.63, 3.8) is 0 Å². The van der Waals surface area contributed by atoms with Gasteiger partial charge in [0.2, 0.25) is 0 Å². The smallest absolute Gasteiger partial charge is 0.253 e. The van der Waals surface area contributed by atoms with Crippen LogP contribution in [0, 0.1) is 0 Å². The van der Waals surface area contributed by atoms with Crippen LogP contribution in [0.1, 0.15) is 28.5 Å². The van der Waals surface area contributed by atoms with Crippen LogP contribution >= 0.6 is 0 Å². The van der Waals surface area contributed by atoms with Crippen molar-refractivity contribution < 1.29 is 4.79 Å². The first-order valence-electron chi connectivity index (χ1n) is 8.30. The van der Waals surface area contributed by atoms with E-state index in [4.69, 9.17) is 0 Å². The van der Waals surface area contributed by atoms with Gasteiger partial charge in [0.15, 0.2) is 0 Å². The molecule has 3 aromatic rings. The monoisotopic (exact) mass is 317 g/mol. The van der Waals surface area contributed by atoms with Crippen molar-refractivity contribution >= 4 is 5.91 Å². The minimum atomic E-state index is 0.00295. The fourth-order valence-corrected chi connectivity index (χ4v) is 3.12. The van der Waals surface area contributed by atoms with Gasteiger partial charge in [-0.3, -0.25) is 9.78 Å². The number of carbonyl (C=O) groups is 1. The number of pyridine rings is 1. The van der Waals surface area contributed by atoms with Crippen LogP contribution in [0.2, 0.25) is 0 Å². The van der Waals surface area contributed by atoms with Crippen LogP contribution in [-0.4, -0.2) is 22.4 Å². The first-order valence-corrected chi connectivity index (χ1v) is 8.30. The number of hydrogen-bond donors (Lipinski definition) is 2. The SMILES string of the molecule is CCc1ccc(-c2cc(-c3cc4c([nH]3)CCNC4=O)ccn2)cc1. The number of benzene rings is 1. The van der Waals surface area contributed by atoms with E-state index in [0.29, 0.717) is 6.54 Å². The molecule has 1 aliphatic heterocycles. The van der Waals surface area contributed by atoms with Gasteiger partial charge in [0.25, 0.3) is 5.91 Å². The van der Waals surface area contributed by atoms with Gasteiger partial charge in [-0.05, 0) is 30.2 Å². The number of aromatic nitrogens is 2. The normalized spacial score (nSPS) is 13.5. The highest BCUT2D eigenvalue weighted by Gasteiger charge is 2.20. The highest BCUT2D eigenvalue weighted by molar-refractivity contribution is 5.97. The number of carbonyl (C=O) groups excluding carboxylic acids is 1. The van der Waals surface area contributed by atoms with E-state index in [2.05, 4.69) is 52.5 Å². The van der Waals surface area contributed by atoms with Gasteiger partial charge in [0.05, 0.1) is 11.3 Å². The van der Waals surface area contributed by atoms with Crippen molar-refractivity contribution in [1.82, 2.24) is 15.3 Å². The molecule has 4 rings (SSSR count). The second kappa shape index (κ2) is 5.96. The summed E-state index contributed by atoms with van der Waals surface area (Å²) in [7, 11) is 0. The lowest BCUT2D eigenvalue weighted by Gasteiger charge is -2.10. The highest BCUT2D eigenvalue weighted by Crippen LogP contribution is 2.27. The predicted molar refractivity (Wildman–Crippen MR) is 94.9 cm³/mol. The van der Waals surface area contributed by atoms with Gasteiger partial charge < -0.3 is 10.3 Å². The molecule has 0 aliphatic carbocycles. The van der Waals surface area contributed by atoms with Crippen LogP contribution in [-0.2, 0) is 12.8 Å². The molecule has 0 radical (unpaired) electrons. The first kappa shape index (κ1) is 14.7. The number of nitrogens with one attached hydrogen (secondary N) is 2. The predicted octanol–water partition coefficient (Wildman–Crippen LogP) is 3.59. The van der Waals surface area contributed by atoms with E-state index in [-0.39, 0.29) is 5.91 Å². The summed E-state index contributed by atoms with van der Waals surface area (Å²) in [5.41, 5.74) is 7.13. The largest absolute Gasteiger partial charge is 0.358 e. The Labute approximate surface area is 141 Å². The molecule has 1 aliphatic rings. The minimum absolute atomic E-state index is 0.00295. The molecule has 0 fully saturated rings. The van der Waals surface area contributed by atoms with Gasteiger partial charge in [0, 0.05) is 41.7 Å². The van der Waals surface area contributed by atoms with E-state index in [0.717, 1.165) is 46.6 Å². The lowest BCUT2D eigenvalue weighted by molar-refractivity contribution is 0.0946. The van der Waals surface area contributed by atoms with E-state index in [1.54, 1.807) is 0 Å². The van der Waals surface area contributed by atoms with Gasteiger partial charge in [-0.15, -0.1) is 0 Å². The molecule has 3 heterocycles. The summed E-state index contributed by atoms with van der Waals surface area (Å²) in [5.74, 6) is 0.00295. The molecule has 0 atom stereocenters. The van der Waals surface area contributed by atoms with E-state index in [1.807, 2.05) is 18.3 Å². The van der Waals surface area contributed by atoms with E-state index in [1.165, 1.54) is 5.56 Å². The number of amides is 1. The molecule has 120 valence electrons. The van der Waals surface area contributed by atoms with Gasteiger partial charge >= 0.3 is 0 Å². The van der Waals surface area contributed by atoms with E-state index >= 15 is 0 Å². The number of rotatable bonds is 3. The fraction of sp³-hybridized carbons (Fsp3) is 0.200. The number of H-pyrrole nitrogens is 1. The van der Waals surface area contributed by atoms with Gasteiger partial charge in [0.1, 0.15) is 0 Å². The maximum atomic E-state index is 11.9. The molecule has 0 saturated carbocycles. The lowest BCUT2D eigenvalue weighted by Crippen LogP contribution is -2.31. The van der Waals surface area contributed by atoms with Crippen molar-refractivity contribution in [3.05, 3.63) is 65.5 Å². The van der Waals surface area contributed by atoms with Gasteiger partial charge in [-0.25, -0.2) is 0 Å². The van der Waals surface area contributed by atoms with Crippen LogP contribution in [0.5, 0.6) is 0 Å². The molecular formula is C20H19N3O. The Morgan fingerprint density at radius 3 is 2.67 bits per heavy atom. The molecule has 0 saturated heterocycles. The Morgan fingerprint density at radius 1 is 1.08 bits per heavy atom. The number of aromatic amines is 1. The fourth-order valence-electron chi connectivity index (χ4n) is 3.12. The van der Waals surface area contributed by atoms with Crippen LogP contribution in [0.15, 0.2) is 48.7 Å². The second-order valence-corrected chi connectivity index (χ2v) is 6.06.